The molecule has 0 aliphatic carbocycles. The first-order valence-corrected chi connectivity index (χ1v) is 1.62. The van der Waals surface area contributed by atoms with E-state index in [0.29, 0.717) is 0 Å². The van der Waals surface area contributed by atoms with Crippen molar-refractivity contribution in [2.24, 2.45) is 0 Å². The zero-order valence-electron chi connectivity index (χ0n) is 5.10. The van der Waals surface area contributed by atoms with E-state index in [-0.39, 0.29) is 52.3 Å². The van der Waals surface area contributed by atoms with Crippen LogP contribution < -0.4 is 0 Å². The number of carbonyl (C=O) groups excluding carboxylic acids is 2. The Morgan fingerprint density at radius 2 is 2.00 bits per heavy atom. The van der Waals surface area contributed by atoms with Gasteiger partial charge >= 0.3 is 0 Å². The Morgan fingerprint density at radius 3 is 2.00 bits per heavy atom. The molecule has 0 N–H and O–H groups in total. The SMILES string of the molecule is CC(=O)C[C-]=O.[CH3-].[Y]. The standard InChI is InChI=1S/C4H5O2.CH3.Y/c1-4(6)2-3-5;;/h2H2,1H3;1H3;/q2*-1;. The van der Waals surface area contributed by atoms with E-state index in [9.17, 15) is 9.59 Å². The topological polar surface area (TPSA) is 34.1 Å². The van der Waals surface area contributed by atoms with Gasteiger partial charge in [-0.1, -0.05) is 6.42 Å². The molecule has 0 amide bonds. The number of hydrogen-bond acceptors (Lipinski definition) is 2. The molecule has 0 rings (SSSR count). The smallest absolute Gasteiger partial charge is 0.103 e. The molecule has 0 aliphatic heterocycles. The number of carbonyl (C=O) groups is 1. The summed E-state index contributed by atoms with van der Waals surface area (Å²) in [7, 11) is 0. The van der Waals surface area contributed by atoms with E-state index in [1.165, 1.54) is 13.2 Å². The summed E-state index contributed by atoms with van der Waals surface area (Å²) < 4.78 is 0. The van der Waals surface area contributed by atoms with E-state index in [0.717, 1.165) is 0 Å². The molecule has 0 aromatic carbocycles. The summed E-state index contributed by atoms with van der Waals surface area (Å²) >= 11 is 0. The zero-order valence-corrected chi connectivity index (χ0v) is 7.94. The summed E-state index contributed by atoms with van der Waals surface area (Å²) in [6, 6.07) is 0. The predicted octanol–water partition coefficient (Wildman–Crippen LogP) is 0.523. The Labute approximate surface area is 74.9 Å². The Morgan fingerprint density at radius 1 is 1.62 bits per heavy atom. The van der Waals surface area contributed by atoms with E-state index in [1.54, 1.807) is 0 Å². The minimum Gasteiger partial charge on any atom is -0.541 e. The van der Waals surface area contributed by atoms with E-state index < -0.39 is 0 Å². The quantitative estimate of drug-likeness (QED) is 0.468. The van der Waals surface area contributed by atoms with Gasteiger partial charge in [0, 0.05) is 32.7 Å². The molecule has 0 bridgehead atoms. The first-order chi connectivity index (χ1) is 2.77. The minimum atomic E-state index is -0.134. The van der Waals surface area contributed by atoms with Crippen LogP contribution in [0.5, 0.6) is 0 Å². The molecule has 0 aromatic heterocycles. The maximum atomic E-state index is 9.78. The molecular formula is C5H8O2Y-2. The van der Waals surface area contributed by atoms with Crippen LogP contribution in [-0.4, -0.2) is 12.1 Å². The van der Waals surface area contributed by atoms with Gasteiger partial charge in [0.15, 0.2) is 0 Å². The van der Waals surface area contributed by atoms with Gasteiger partial charge in [0.1, 0.15) is 5.78 Å². The molecule has 0 atom stereocenters. The number of Topliss-reactive ketones (excluding diaryl/α,β-unsaturated/α-hetero) is 1. The number of hydrogen-bond donors (Lipinski definition) is 0. The molecule has 8 heavy (non-hydrogen) atoms. The van der Waals surface area contributed by atoms with E-state index >= 15 is 0 Å². The minimum absolute atomic E-state index is 0. The van der Waals surface area contributed by atoms with Crippen LogP contribution >= 0.6 is 0 Å². The number of rotatable bonds is 2. The van der Waals surface area contributed by atoms with Crippen LogP contribution in [0.25, 0.3) is 0 Å². The van der Waals surface area contributed by atoms with Gasteiger partial charge in [-0.05, 0) is 6.92 Å². The fourth-order valence-corrected chi connectivity index (χ4v) is 0.102. The molecule has 3 heteroatoms. The van der Waals surface area contributed by atoms with Crippen LogP contribution in [0.1, 0.15) is 13.3 Å². The average Bonchev–Trinajstić information content (AvgIpc) is 1.35. The van der Waals surface area contributed by atoms with Crippen molar-refractivity contribution >= 4 is 12.1 Å². The molecule has 0 saturated carbocycles. The molecule has 0 heterocycles. The van der Waals surface area contributed by atoms with E-state index in [4.69, 9.17) is 0 Å². The Kier molecular flexibility index (Phi) is 20.6. The van der Waals surface area contributed by atoms with Crippen LogP contribution in [0, 0.1) is 7.43 Å². The molecule has 0 aliphatic rings. The van der Waals surface area contributed by atoms with Crippen molar-refractivity contribution in [2.75, 3.05) is 0 Å². The molecule has 45 valence electrons. The first kappa shape index (κ1) is 15.8. The Bertz CT molecular complexity index is 70.8. The molecule has 0 unspecified atom stereocenters. The normalized spacial score (nSPS) is 5.62. The van der Waals surface area contributed by atoms with Gasteiger partial charge in [0.2, 0.25) is 0 Å². The fraction of sp³-hybridized carbons (Fsp3) is 0.400. The number of ketones is 1. The molecule has 0 aromatic rings. The second-order valence-corrected chi connectivity index (χ2v) is 1.02. The van der Waals surface area contributed by atoms with Gasteiger partial charge in [-0.3, -0.25) is 6.29 Å². The third-order valence-electron chi connectivity index (χ3n) is 0.321. The molecule has 0 spiro atoms. The van der Waals surface area contributed by atoms with Crippen molar-refractivity contribution in [1.82, 2.24) is 0 Å². The Balaban J connectivity index is -0.000000125. The monoisotopic (exact) mass is 189 g/mol. The zero-order chi connectivity index (χ0) is 4.99. The van der Waals surface area contributed by atoms with Gasteiger partial charge in [0.05, 0.1) is 0 Å². The molecule has 0 saturated heterocycles. The molecule has 0 fully saturated rings. The van der Waals surface area contributed by atoms with E-state index in [1.807, 2.05) is 0 Å². The van der Waals surface area contributed by atoms with Gasteiger partial charge in [-0.25, -0.2) is 0 Å². The van der Waals surface area contributed by atoms with Crippen LogP contribution in [0.2, 0.25) is 0 Å². The second kappa shape index (κ2) is 10.4. The summed E-state index contributed by atoms with van der Waals surface area (Å²) in [6.07, 6.45) is 1.40. The summed E-state index contributed by atoms with van der Waals surface area (Å²) in [6.45, 7) is 1.35. The van der Waals surface area contributed by atoms with Crippen LogP contribution in [0.4, 0.5) is 0 Å². The molecule has 2 nitrogen and oxygen atoms in total. The predicted molar refractivity (Wildman–Crippen MR) is 27.4 cm³/mol. The third kappa shape index (κ3) is 16.1. The van der Waals surface area contributed by atoms with Crippen molar-refractivity contribution in [3.63, 3.8) is 0 Å². The molecular weight excluding hydrogens is 181 g/mol. The van der Waals surface area contributed by atoms with Crippen molar-refractivity contribution in [2.45, 2.75) is 13.3 Å². The summed E-state index contributed by atoms with van der Waals surface area (Å²) in [4.78, 5) is 19.1. The Hall–Kier alpha value is 0.444. The maximum Gasteiger partial charge on any atom is 0.103 e. The van der Waals surface area contributed by atoms with Crippen molar-refractivity contribution in [3.8, 4) is 0 Å². The van der Waals surface area contributed by atoms with Crippen LogP contribution in [0.15, 0.2) is 0 Å². The van der Waals surface area contributed by atoms with Gasteiger partial charge in [-0.2, -0.15) is 0 Å². The summed E-state index contributed by atoms with van der Waals surface area (Å²) in [5, 5.41) is 0. The summed E-state index contributed by atoms with van der Waals surface area (Å²) in [5.41, 5.74) is 0. The largest absolute Gasteiger partial charge is 0.541 e. The average molecular weight is 189 g/mol. The second-order valence-electron chi connectivity index (χ2n) is 1.02. The third-order valence-corrected chi connectivity index (χ3v) is 0.321. The fourth-order valence-electron chi connectivity index (χ4n) is 0.102. The first-order valence-electron chi connectivity index (χ1n) is 1.62. The van der Waals surface area contributed by atoms with Crippen molar-refractivity contribution < 1.29 is 42.3 Å². The van der Waals surface area contributed by atoms with Crippen molar-refractivity contribution in [1.29, 1.82) is 0 Å². The van der Waals surface area contributed by atoms with Gasteiger partial charge < -0.3 is 17.0 Å². The molecule has 1 radical (unpaired) electrons. The van der Waals surface area contributed by atoms with Gasteiger partial charge in [-0.15, -0.1) is 0 Å². The van der Waals surface area contributed by atoms with Gasteiger partial charge in [0.25, 0.3) is 0 Å². The van der Waals surface area contributed by atoms with E-state index in [2.05, 4.69) is 0 Å². The van der Waals surface area contributed by atoms with Crippen LogP contribution in [0.3, 0.4) is 0 Å². The van der Waals surface area contributed by atoms with Crippen molar-refractivity contribution in [3.05, 3.63) is 7.43 Å². The maximum absolute atomic E-state index is 9.78. The van der Waals surface area contributed by atoms with Crippen LogP contribution in [-0.2, 0) is 42.3 Å². The summed E-state index contributed by atoms with van der Waals surface area (Å²) in [5.74, 6) is -0.134.